The maximum atomic E-state index is 14.8. The van der Waals surface area contributed by atoms with Crippen LogP contribution in [0.3, 0.4) is 0 Å². The molecule has 2 heterocycles. The van der Waals surface area contributed by atoms with Gasteiger partial charge in [-0.3, -0.25) is 9.79 Å². The van der Waals surface area contributed by atoms with E-state index in [2.05, 4.69) is 20.6 Å². The quantitative estimate of drug-likeness (QED) is 0.268. The number of fused-ring (bicyclic) bond motifs is 1. The monoisotopic (exact) mass is 423 g/mol. The van der Waals surface area contributed by atoms with Crippen LogP contribution in [0.2, 0.25) is 0 Å². The Morgan fingerprint density at radius 1 is 1.37 bits per heavy atom. The number of benzene rings is 1. The maximum absolute atomic E-state index is 14.8. The molecular formula is C20H21F4N5O. The smallest absolute Gasteiger partial charge is 0.342 e. The molecule has 1 N–H and O–H groups in total. The zero-order valence-corrected chi connectivity index (χ0v) is 16.7. The van der Waals surface area contributed by atoms with Crippen LogP contribution in [0.1, 0.15) is 49.2 Å². The summed E-state index contributed by atoms with van der Waals surface area (Å²) in [4.78, 5) is 15.1. The van der Waals surface area contributed by atoms with Crippen LogP contribution in [0.15, 0.2) is 29.3 Å². The highest BCUT2D eigenvalue weighted by molar-refractivity contribution is 5.92. The van der Waals surface area contributed by atoms with Gasteiger partial charge in [0.1, 0.15) is 17.8 Å². The van der Waals surface area contributed by atoms with Crippen molar-refractivity contribution in [3.63, 3.8) is 0 Å². The number of aliphatic imine (C=N–C) groups is 1. The Morgan fingerprint density at radius 3 is 2.70 bits per heavy atom. The van der Waals surface area contributed by atoms with Gasteiger partial charge in [-0.15, -0.1) is 5.10 Å². The molecule has 0 aliphatic carbocycles. The summed E-state index contributed by atoms with van der Waals surface area (Å²) in [5, 5.41) is 11.3. The summed E-state index contributed by atoms with van der Waals surface area (Å²) >= 11 is 0. The van der Waals surface area contributed by atoms with E-state index >= 15 is 0 Å². The number of aromatic nitrogens is 3. The van der Waals surface area contributed by atoms with Crippen molar-refractivity contribution in [3.8, 4) is 0 Å². The summed E-state index contributed by atoms with van der Waals surface area (Å²) in [5.41, 5.74) is -0.486. The molecule has 0 bridgehead atoms. The second kappa shape index (κ2) is 8.00. The number of carbonyl (C=O) groups is 1. The van der Waals surface area contributed by atoms with E-state index in [-0.39, 0.29) is 5.56 Å². The average molecular weight is 423 g/mol. The molecule has 1 atom stereocenters. The lowest BCUT2D eigenvalue weighted by Gasteiger charge is -2.36. The Kier molecular flexibility index (Phi) is 5.78. The van der Waals surface area contributed by atoms with E-state index in [0.29, 0.717) is 54.5 Å². The van der Waals surface area contributed by atoms with Crippen LogP contribution in [0.25, 0.3) is 5.70 Å². The minimum atomic E-state index is -4.63. The van der Waals surface area contributed by atoms with E-state index in [0.717, 1.165) is 12.1 Å². The van der Waals surface area contributed by atoms with Crippen molar-refractivity contribution in [2.24, 2.45) is 4.99 Å². The second-order valence-electron chi connectivity index (χ2n) is 7.27. The highest BCUT2D eigenvalue weighted by atomic mass is 19.4. The van der Waals surface area contributed by atoms with Crippen LogP contribution < -0.4 is 5.32 Å². The largest absolute Gasteiger partial charge is 0.416 e. The Morgan fingerprint density at radius 2 is 2.10 bits per heavy atom. The van der Waals surface area contributed by atoms with Crippen molar-refractivity contribution < 1.29 is 22.4 Å². The first-order valence-electron chi connectivity index (χ1n) is 9.30. The maximum Gasteiger partial charge on any atom is 0.416 e. The lowest BCUT2D eigenvalue weighted by Crippen LogP contribution is -2.38. The highest BCUT2D eigenvalue weighted by Crippen LogP contribution is 2.40. The predicted octanol–water partition coefficient (Wildman–Crippen LogP) is 3.71. The fourth-order valence-electron chi connectivity index (χ4n) is 3.71. The highest BCUT2D eigenvalue weighted by Gasteiger charge is 2.40. The fraction of sp³-hybridized carbons (Fsp3) is 0.400. The first-order chi connectivity index (χ1) is 14.1. The number of halogens is 4. The number of hydrogen-bond acceptors (Lipinski definition) is 4. The molecule has 6 nitrogen and oxygen atoms in total. The first kappa shape index (κ1) is 21.7. The summed E-state index contributed by atoms with van der Waals surface area (Å²) in [6.07, 6.45) is -1.04. The van der Waals surface area contributed by atoms with Gasteiger partial charge < -0.3 is 5.32 Å². The van der Waals surface area contributed by atoms with E-state index < -0.39 is 23.1 Å². The van der Waals surface area contributed by atoms with Gasteiger partial charge >= 0.3 is 6.18 Å². The molecule has 2 aromatic rings. The van der Waals surface area contributed by atoms with E-state index in [1.807, 2.05) is 0 Å². The molecule has 3 rings (SSSR count). The number of allylic oxidation sites excluding steroid dienone is 1. The van der Waals surface area contributed by atoms with Crippen molar-refractivity contribution in [3.05, 3.63) is 52.6 Å². The van der Waals surface area contributed by atoms with Gasteiger partial charge in [-0.2, -0.15) is 13.2 Å². The van der Waals surface area contributed by atoms with Crippen LogP contribution in [-0.2, 0) is 22.9 Å². The van der Waals surface area contributed by atoms with Crippen molar-refractivity contribution in [2.45, 2.75) is 44.8 Å². The van der Waals surface area contributed by atoms with Crippen molar-refractivity contribution >= 4 is 17.8 Å². The molecule has 160 valence electrons. The van der Waals surface area contributed by atoms with Crippen molar-refractivity contribution in [1.29, 1.82) is 0 Å². The molecule has 10 heteroatoms. The SMILES string of the molecule is CN=C(C)N/C(=C\C=O)c1nnn2c1CCCC2(C)c1ccc(C(F)(F)F)cc1F. The molecule has 1 unspecified atom stereocenters. The average Bonchev–Trinajstić information content (AvgIpc) is 3.12. The van der Waals surface area contributed by atoms with Gasteiger partial charge in [-0.05, 0) is 45.2 Å². The van der Waals surface area contributed by atoms with Gasteiger partial charge in [-0.1, -0.05) is 11.3 Å². The van der Waals surface area contributed by atoms with Gasteiger partial charge in [0.05, 0.1) is 28.3 Å². The minimum Gasteiger partial charge on any atom is -0.342 e. The third kappa shape index (κ3) is 3.86. The summed E-state index contributed by atoms with van der Waals surface area (Å²) in [7, 11) is 1.59. The van der Waals surface area contributed by atoms with Crippen LogP contribution >= 0.6 is 0 Å². The molecule has 0 radical (unpaired) electrons. The first-order valence-corrected chi connectivity index (χ1v) is 9.30. The number of aldehydes is 1. The third-order valence-corrected chi connectivity index (χ3v) is 5.33. The molecule has 0 saturated heterocycles. The zero-order valence-electron chi connectivity index (χ0n) is 16.7. The summed E-state index contributed by atoms with van der Waals surface area (Å²) in [5.74, 6) is -0.398. The molecule has 1 aliphatic heterocycles. The molecular weight excluding hydrogens is 402 g/mol. The lowest BCUT2D eigenvalue weighted by atomic mass is 9.82. The Balaban J connectivity index is 2.09. The fourth-order valence-corrected chi connectivity index (χ4v) is 3.71. The van der Waals surface area contributed by atoms with Crippen molar-refractivity contribution in [2.75, 3.05) is 7.05 Å². The minimum absolute atomic E-state index is 0.105. The lowest BCUT2D eigenvalue weighted by molar-refractivity contribution is -0.137. The van der Waals surface area contributed by atoms with Crippen LogP contribution in [0.4, 0.5) is 17.6 Å². The Bertz CT molecular complexity index is 1020. The van der Waals surface area contributed by atoms with E-state index in [1.165, 1.54) is 10.8 Å². The van der Waals surface area contributed by atoms with E-state index in [9.17, 15) is 22.4 Å². The number of alkyl halides is 3. The summed E-state index contributed by atoms with van der Waals surface area (Å²) in [6.45, 7) is 3.44. The number of amidine groups is 1. The number of carbonyl (C=O) groups excluding carboxylic acids is 1. The molecule has 1 aromatic carbocycles. The van der Waals surface area contributed by atoms with Gasteiger partial charge in [-0.25, -0.2) is 9.07 Å². The molecule has 1 aliphatic rings. The van der Waals surface area contributed by atoms with Gasteiger partial charge in [0, 0.05) is 18.7 Å². The number of nitrogens with one attached hydrogen (secondary N) is 1. The van der Waals surface area contributed by atoms with Gasteiger partial charge in [0.15, 0.2) is 0 Å². The van der Waals surface area contributed by atoms with Crippen LogP contribution in [-0.4, -0.2) is 34.2 Å². The Labute approximate surface area is 170 Å². The standard InChI is InChI=1S/C20H21F4N5O/c1-12(25-3)26-16(8-10-30)18-17-5-4-9-19(2,29(17)28-27-18)14-7-6-13(11-15(14)21)20(22,23)24/h6-8,10-11H,4-5,9H2,1-3H3,(H,25,26)/b16-8-. The van der Waals surface area contributed by atoms with Gasteiger partial charge in [0.25, 0.3) is 0 Å². The third-order valence-electron chi connectivity index (χ3n) is 5.33. The molecule has 1 aromatic heterocycles. The number of rotatable bonds is 4. The zero-order chi connectivity index (χ0) is 22.1. The molecule has 0 saturated carbocycles. The Hall–Kier alpha value is -3.04. The van der Waals surface area contributed by atoms with Crippen LogP contribution in [0, 0.1) is 5.82 Å². The normalized spacial score (nSPS) is 20.1. The predicted molar refractivity (Wildman–Crippen MR) is 103 cm³/mol. The molecule has 0 spiro atoms. The summed E-state index contributed by atoms with van der Waals surface area (Å²) < 4.78 is 55.1. The number of nitrogens with zero attached hydrogens (tertiary/aromatic N) is 4. The molecule has 0 fully saturated rings. The second-order valence-corrected chi connectivity index (χ2v) is 7.27. The van der Waals surface area contributed by atoms with Gasteiger partial charge in [0.2, 0.25) is 0 Å². The topological polar surface area (TPSA) is 72.2 Å². The van der Waals surface area contributed by atoms with Crippen LogP contribution in [0.5, 0.6) is 0 Å². The van der Waals surface area contributed by atoms with E-state index in [4.69, 9.17) is 0 Å². The molecule has 30 heavy (non-hydrogen) atoms. The summed E-state index contributed by atoms with van der Waals surface area (Å²) in [6, 6.07) is 2.53. The molecule has 0 amide bonds. The van der Waals surface area contributed by atoms with Crippen molar-refractivity contribution in [1.82, 2.24) is 20.3 Å². The number of hydrogen-bond donors (Lipinski definition) is 1. The van der Waals surface area contributed by atoms with E-state index in [1.54, 1.807) is 20.9 Å².